The van der Waals surface area contributed by atoms with E-state index in [1.165, 1.54) is 0 Å². The minimum Gasteiger partial charge on any atom is -0.410 e. The normalized spacial score (nSPS) is 12.7. The first-order chi connectivity index (χ1) is 6.77. The maximum Gasteiger partial charge on any atom is 0.312 e. The predicted molar refractivity (Wildman–Crippen MR) is 51.8 cm³/mol. The highest BCUT2D eigenvalue weighted by Crippen LogP contribution is 2.19. The van der Waals surface area contributed by atoms with Gasteiger partial charge in [0.25, 0.3) is 0 Å². The number of aromatic nitrogens is 2. The van der Waals surface area contributed by atoms with Crippen molar-refractivity contribution >= 4 is 11.6 Å². The average Bonchev–Trinajstić information content (AvgIpc) is 2.65. The topological polar surface area (TPSA) is 64.9 Å². The van der Waals surface area contributed by atoms with E-state index in [-0.39, 0.29) is 5.35 Å². The van der Waals surface area contributed by atoms with Crippen LogP contribution in [-0.2, 0) is 0 Å². The lowest BCUT2D eigenvalue weighted by atomic mass is 10.1. The fourth-order valence-electron chi connectivity index (χ4n) is 1.14. The first-order valence-corrected chi connectivity index (χ1v) is 4.44. The van der Waals surface area contributed by atoms with Crippen molar-refractivity contribution in [2.24, 2.45) is 5.73 Å². The molecule has 2 aromatic rings. The van der Waals surface area contributed by atoms with Gasteiger partial charge in [-0.3, -0.25) is 0 Å². The number of halogens is 1. The van der Waals surface area contributed by atoms with Gasteiger partial charge in [-0.05, 0) is 17.2 Å². The maximum absolute atomic E-state index is 5.87. The second-order valence-electron chi connectivity index (χ2n) is 2.78. The zero-order chi connectivity index (χ0) is 9.97. The van der Waals surface area contributed by atoms with E-state index in [1.54, 1.807) is 0 Å². The van der Waals surface area contributed by atoms with Crippen molar-refractivity contribution in [2.75, 3.05) is 0 Å². The molecule has 14 heavy (non-hydrogen) atoms. The van der Waals surface area contributed by atoms with Gasteiger partial charge in [0, 0.05) is 0 Å². The Morgan fingerprint density at radius 3 is 2.50 bits per heavy atom. The van der Waals surface area contributed by atoms with Crippen molar-refractivity contribution in [1.29, 1.82) is 0 Å². The van der Waals surface area contributed by atoms with Crippen LogP contribution in [-0.4, -0.2) is 10.2 Å². The van der Waals surface area contributed by atoms with Crippen LogP contribution in [0.3, 0.4) is 0 Å². The fourth-order valence-corrected chi connectivity index (χ4v) is 1.26. The van der Waals surface area contributed by atoms with Crippen LogP contribution in [0.5, 0.6) is 0 Å². The Balaban J connectivity index is 2.29. The molecular formula is C9H8ClN3O. The van der Waals surface area contributed by atoms with E-state index in [1.807, 2.05) is 30.3 Å². The van der Waals surface area contributed by atoms with Gasteiger partial charge < -0.3 is 10.2 Å². The highest BCUT2D eigenvalue weighted by Gasteiger charge is 2.14. The first-order valence-electron chi connectivity index (χ1n) is 4.07. The summed E-state index contributed by atoms with van der Waals surface area (Å²) in [4.78, 5) is 0. The molecule has 1 aromatic heterocycles. The number of hydrogen-bond acceptors (Lipinski definition) is 4. The van der Waals surface area contributed by atoms with Gasteiger partial charge in [-0.1, -0.05) is 35.4 Å². The van der Waals surface area contributed by atoms with Crippen molar-refractivity contribution in [3.8, 4) is 0 Å². The molecule has 0 spiro atoms. The molecule has 2 N–H and O–H groups in total. The number of rotatable bonds is 2. The van der Waals surface area contributed by atoms with Crippen molar-refractivity contribution < 1.29 is 4.42 Å². The molecular weight excluding hydrogens is 202 g/mol. The van der Waals surface area contributed by atoms with Crippen LogP contribution in [0.15, 0.2) is 34.7 Å². The maximum atomic E-state index is 5.87. The zero-order valence-electron chi connectivity index (χ0n) is 7.22. The Morgan fingerprint density at radius 2 is 1.93 bits per heavy atom. The van der Waals surface area contributed by atoms with Crippen LogP contribution in [0.2, 0.25) is 5.35 Å². The van der Waals surface area contributed by atoms with Crippen LogP contribution in [0, 0.1) is 0 Å². The summed E-state index contributed by atoms with van der Waals surface area (Å²) in [6.45, 7) is 0. The molecule has 1 heterocycles. The Bertz CT molecular complexity index is 415. The molecule has 0 aliphatic rings. The number of nitrogens with two attached hydrogens (primary N) is 1. The Morgan fingerprint density at radius 1 is 1.21 bits per heavy atom. The predicted octanol–water partition coefficient (Wildman–Crippen LogP) is 1.77. The second-order valence-corrected chi connectivity index (χ2v) is 3.10. The lowest BCUT2D eigenvalue weighted by molar-refractivity contribution is 0.474. The summed E-state index contributed by atoms with van der Waals surface area (Å²) in [6.07, 6.45) is 0. The number of benzene rings is 1. The van der Waals surface area contributed by atoms with E-state index >= 15 is 0 Å². The van der Waals surface area contributed by atoms with Gasteiger partial charge in [0.1, 0.15) is 6.04 Å². The summed E-state index contributed by atoms with van der Waals surface area (Å²) in [6, 6.07) is 9.07. The molecule has 1 atom stereocenters. The Kier molecular flexibility index (Phi) is 2.47. The molecule has 0 saturated heterocycles. The Hall–Kier alpha value is -1.39. The van der Waals surface area contributed by atoms with Crippen LogP contribution in [0.4, 0.5) is 0 Å². The highest BCUT2D eigenvalue weighted by atomic mass is 35.5. The van der Waals surface area contributed by atoms with E-state index in [0.29, 0.717) is 5.89 Å². The van der Waals surface area contributed by atoms with Crippen molar-refractivity contribution in [1.82, 2.24) is 10.2 Å². The zero-order valence-corrected chi connectivity index (χ0v) is 7.98. The molecule has 4 nitrogen and oxygen atoms in total. The van der Waals surface area contributed by atoms with Gasteiger partial charge >= 0.3 is 5.35 Å². The summed E-state index contributed by atoms with van der Waals surface area (Å²) in [5, 5.41) is 7.26. The van der Waals surface area contributed by atoms with Crippen molar-refractivity contribution in [2.45, 2.75) is 6.04 Å². The Labute approximate surface area is 85.7 Å². The molecule has 0 aliphatic carbocycles. The van der Waals surface area contributed by atoms with E-state index in [9.17, 15) is 0 Å². The van der Waals surface area contributed by atoms with Gasteiger partial charge in [-0.25, -0.2) is 0 Å². The highest BCUT2D eigenvalue weighted by molar-refractivity contribution is 6.27. The molecule has 0 bridgehead atoms. The van der Waals surface area contributed by atoms with Gasteiger partial charge in [0.15, 0.2) is 0 Å². The average molecular weight is 210 g/mol. The smallest absolute Gasteiger partial charge is 0.312 e. The van der Waals surface area contributed by atoms with E-state index in [2.05, 4.69) is 10.2 Å². The number of hydrogen-bond donors (Lipinski definition) is 1. The van der Waals surface area contributed by atoms with Gasteiger partial charge in [0.2, 0.25) is 5.89 Å². The van der Waals surface area contributed by atoms with E-state index in [0.717, 1.165) is 5.56 Å². The molecule has 1 unspecified atom stereocenters. The second kappa shape index (κ2) is 3.77. The summed E-state index contributed by atoms with van der Waals surface area (Å²) < 4.78 is 5.02. The van der Waals surface area contributed by atoms with Crippen molar-refractivity contribution in [3.05, 3.63) is 47.1 Å². The van der Waals surface area contributed by atoms with E-state index in [4.69, 9.17) is 21.8 Å². The van der Waals surface area contributed by atoms with Crippen LogP contribution >= 0.6 is 11.6 Å². The fraction of sp³-hybridized carbons (Fsp3) is 0.111. The monoisotopic (exact) mass is 209 g/mol. The minimum absolute atomic E-state index is 0.00591. The molecule has 0 fully saturated rings. The lowest BCUT2D eigenvalue weighted by Gasteiger charge is -2.05. The van der Waals surface area contributed by atoms with Crippen LogP contribution in [0.25, 0.3) is 0 Å². The van der Waals surface area contributed by atoms with Gasteiger partial charge in [-0.2, -0.15) is 0 Å². The molecule has 0 saturated carbocycles. The standard InChI is InChI=1S/C9H8ClN3O/c10-9-13-12-8(14-9)7(11)6-4-2-1-3-5-6/h1-5,7H,11H2. The van der Waals surface area contributed by atoms with Crippen LogP contribution < -0.4 is 5.73 Å². The van der Waals surface area contributed by atoms with Crippen molar-refractivity contribution in [3.63, 3.8) is 0 Å². The summed E-state index contributed by atoms with van der Waals surface area (Å²) in [5.74, 6) is 0.321. The third kappa shape index (κ3) is 1.76. The quantitative estimate of drug-likeness (QED) is 0.819. The molecule has 72 valence electrons. The van der Waals surface area contributed by atoms with Gasteiger partial charge in [-0.15, -0.1) is 5.10 Å². The van der Waals surface area contributed by atoms with E-state index < -0.39 is 6.04 Å². The first kappa shape index (κ1) is 9.18. The van der Waals surface area contributed by atoms with Gasteiger partial charge in [0.05, 0.1) is 0 Å². The summed E-state index contributed by atoms with van der Waals surface area (Å²) >= 11 is 5.50. The molecule has 5 heteroatoms. The SMILES string of the molecule is NC(c1ccccc1)c1nnc(Cl)o1. The molecule has 0 aliphatic heterocycles. The third-order valence-corrected chi connectivity index (χ3v) is 1.99. The third-order valence-electron chi connectivity index (χ3n) is 1.84. The minimum atomic E-state index is -0.420. The molecule has 0 amide bonds. The lowest BCUT2D eigenvalue weighted by Crippen LogP contribution is -2.11. The summed E-state index contributed by atoms with van der Waals surface area (Å²) in [5.41, 5.74) is 6.78. The largest absolute Gasteiger partial charge is 0.410 e. The molecule has 2 rings (SSSR count). The van der Waals surface area contributed by atoms with Crippen LogP contribution in [0.1, 0.15) is 17.5 Å². The summed E-state index contributed by atoms with van der Waals surface area (Å²) in [7, 11) is 0. The molecule has 1 aromatic carbocycles. The number of nitrogens with zero attached hydrogens (tertiary/aromatic N) is 2. The molecule has 0 radical (unpaired) electrons.